The Morgan fingerprint density at radius 1 is 1.24 bits per heavy atom. The van der Waals surface area contributed by atoms with Crippen molar-refractivity contribution in [3.63, 3.8) is 0 Å². The minimum atomic E-state index is 0.231. The lowest BCUT2D eigenvalue weighted by Gasteiger charge is -2.14. The van der Waals surface area contributed by atoms with Gasteiger partial charge in [0.2, 0.25) is 0 Å². The molecule has 0 bridgehead atoms. The molecule has 0 radical (unpaired) electrons. The lowest BCUT2D eigenvalue weighted by atomic mass is 9.93. The van der Waals surface area contributed by atoms with Crippen LogP contribution in [0.2, 0.25) is 0 Å². The van der Waals surface area contributed by atoms with E-state index in [0.717, 1.165) is 12.8 Å². The molecule has 0 saturated heterocycles. The van der Waals surface area contributed by atoms with Crippen LogP contribution in [0.25, 0.3) is 0 Å². The summed E-state index contributed by atoms with van der Waals surface area (Å²) in [5, 5.41) is 11.6. The predicted octanol–water partition coefficient (Wildman–Crippen LogP) is 3.77. The van der Waals surface area contributed by atoms with E-state index < -0.39 is 0 Å². The van der Waals surface area contributed by atoms with Crippen molar-refractivity contribution < 1.29 is 5.11 Å². The largest absolute Gasteiger partial charge is 0.396 e. The SMILES string of the molecule is Cc1cccc(C(CO)CCc2cccs2)c1. The summed E-state index contributed by atoms with van der Waals surface area (Å²) in [7, 11) is 0. The highest BCUT2D eigenvalue weighted by Crippen LogP contribution is 2.23. The first-order chi connectivity index (χ1) is 8.29. The molecule has 1 N–H and O–H groups in total. The van der Waals surface area contributed by atoms with Crippen LogP contribution in [0.3, 0.4) is 0 Å². The van der Waals surface area contributed by atoms with Crippen molar-refractivity contribution in [1.29, 1.82) is 0 Å². The van der Waals surface area contributed by atoms with Gasteiger partial charge in [-0.05, 0) is 36.8 Å². The second kappa shape index (κ2) is 5.99. The fourth-order valence-electron chi connectivity index (χ4n) is 2.06. The smallest absolute Gasteiger partial charge is 0.0499 e. The van der Waals surface area contributed by atoms with E-state index in [1.54, 1.807) is 11.3 Å². The van der Waals surface area contributed by atoms with Crippen LogP contribution < -0.4 is 0 Å². The first-order valence-electron chi connectivity index (χ1n) is 5.99. The Bertz CT molecular complexity index is 448. The number of hydrogen-bond acceptors (Lipinski definition) is 2. The van der Waals surface area contributed by atoms with Crippen LogP contribution in [-0.2, 0) is 6.42 Å². The third-order valence-corrected chi connectivity index (χ3v) is 3.99. The van der Waals surface area contributed by atoms with Gasteiger partial charge in [-0.3, -0.25) is 0 Å². The summed E-state index contributed by atoms with van der Waals surface area (Å²) >= 11 is 1.79. The average Bonchev–Trinajstić information content (AvgIpc) is 2.83. The van der Waals surface area contributed by atoms with Crippen LogP contribution >= 0.6 is 11.3 Å². The van der Waals surface area contributed by atoms with Gasteiger partial charge >= 0.3 is 0 Å². The lowest BCUT2D eigenvalue weighted by Crippen LogP contribution is -2.05. The molecule has 1 heterocycles. The summed E-state index contributed by atoms with van der Waals surface area (Å²) < 4.78 is 0. The highest BCUT2D eigenvalue weighted by Gasteiger charge is 2.10. The minimum Gasteiger partial charge on any atom is -0.396 e. The first-order valence-corrected chi connectivity index (χ1v) is 6.87. The molecule has 1 aromatic heterocycles. The molecule has 1 atom stereocenters. The van der Waals surface area contributed by atoms with Crippen molar-refractivity contribution in [3.05, 3.63) is 57.8 Å². The molecule has 1 unspecified atom stereocenters. The molecular formula is C15H18OS. The standard InChI is InChI=1S/C15H18OS/c1-12-4-2-5-13(10-12)14(11-16)7-8-15-6-3-9-17-15/h2-6,9-10,14,16H,7-8,11H2,1H3. The molecule has 0 aliphatic carbocycles. The van der Waals surface area contributed by atoms with Gasteiger partial charge in [-0.2, -0.15) is 0 Å². The molecule has 0 fully saturated rings. The molecule has 0 spiro atoms. The maximum atomic E-state index is 9.50. The molecule has 90 valence electrons. The molecule has 2 heteroatoms. The zero-order chi connectivity index (χ0) is 12.1. The molecule has 1 aromatic carbocycles. The zero-order valence-corrected chi connectivity index (χ0v) is 10.9. The molecule has 0 saturated carbocycles. The van der Waals surface area contributed by atoms with Crippen LogP contribution in [0.4, 0.5) is 0 Å². The monoisotopic (exact) mass is 246 g/mol. The molecule has 2 aromatic rings. The molecular weight excluding hydrogens is 228 g/mol. The molecule has 0 amide bonds. The van der Waals surface area contributed by atoms with Gasteiger partial charge in [0.05, 0.1) is 0 Å². The van der Waals surface area contributed by atoms with Gasteiger partial charge in [0, 0.05) is 17.4 Å². The van der Waals surface area contributed by atoms with E-state index in [2.05, 4.69) is 48.7 Å². The number of aliphatic hydroxyl groups is 1. The van der Waals surface area contributed by atoms with E-state index >= 15 is 0 Å². The fourth-order valence-corrected chi connectivity index (χ4v) is 2.78. The second-order valence-corrected chi connectivity index (χ2v) is 5.44. The number of aryl methyl sites for hydroxylation is 2. The maximum Gasteiger partial charge on any atom is 0.0499 e. The first kappa shape index (κ1) is 12.3. The van der Waals surface area contributed by atoms with E-state index in [1.807, 2.05) is 0 Å². The number of hydrogen-bond donors (Lipinski definition) is 1. The van der Waals surface area contributed by atoms with E-state index in [9.17, 15) is 5.11 Å². The maximum absolute atomic E-state index is 9.50. The number of benzene rings is 1. The molecule has 17 heavy (non-hydrogen) atoms. The van der Waals surface area contributed by atoms with Crippen LogP contribution in [0.5, 0.6) is 0 Å². The average molecular weight is 246 g/mol. The highest BCUT2D eigenvalue weighted by molar-refractivity contribution is 7.09. The van der Waals surface area contributed by atoms with Crippen molar-refractivity contribution in [2.75, 3.05) is 6.61 Å². The Morgan fingerprint density at radius 3 is 2.76 bits per heavy atom. The van der Waals surface area contributed by atoms with Gasteiger partial charge in [-0.25, -0.2) is 0 Å². The van der Waals surface area contributed by atoms with Gasteiger partial charge in [-0.1, -0.05) is 35.9 Å². The van der Waals surface area contributed by atoms with Crippen molar-refractivity contribution in [1.82, 2.24) is 0 Å². The third-order valence-electron chi connectivity index (χ3n) is 3.05. The van der Waals surface area contributed by atoms with Crippen LogP contribution in [0, 0.1) is 6.92 Å². The summed E-state index contributed by atoms with van der Waals surface area (Å²) in [4.78, 5) is 1.40. The van der Waals surface area contributed by atoms with Crippen molar-refractivity contribution in [2.24, 2.45) is 0 Å². The summed E-state index contributed by atoms with van der Waals surface area (Å²) in [5.74, 6) is 0.261. The van der Waals surface area contributed by atoms with E-state index in [0.29, 0.717) is 0 Å². The van der Waals surface area contributed by atoms with Crippen molar-refractivity contribution in [2.45, 2.75) is 25.7 Å². The fraction of sp³-hybridized carbons (Fsp3) is 0.333. The zero-order valence-electron chi connectivity index (χ0n) is 10.1. The van der Waals surface area contributed by atoms with Crippen molar-refractivity contribution >= 4 is 11.3 Å². The Kier molecular flexibility index (Phi) is 4.35. The minimum absolute atomic E-state index is 0.231. The van der Waals surface area contributed by atoms with E-state index in [1.165, 1.54) is 16.0 Å². The quantitative estimate of drug-likeness (QED) is 0.851. The predicted molar refractivity (Wildman–Crippen MR) is 73.6 cm³/mol. The summed E-state index contributed by atoms with van der Waals surface area (Å²) in [6, 6.07) is 12.7. The van der Waals surface area contributed by atoms with Gasteiger partial charge < -0.3 is 5.11 Å². The normalized spacial score (nSPS) is 12.6. The second-order valence-electron chi connectivity index (χ2n) is 4.41. The summed E-state index contributed by atoms with van der Waals surface area (Å²) in [6.45, 7) is 2.33. The number of rotatable bonds is 5. The summed E-state index contributed by atoms with van der Waals surface area (Å²) in [6.07, 6.45) is 2.07. The van der Waals surface area contributed by atoms with Crippen LogP contribution in [0.15, 0.2) is 41.8 Å². The molecule has 2 rings (SSSR count). The Labute approximate surface area is 107 Å². The Balaban J connectivity index is 2.01. The Hall–Kier alpha value is -1.12. The number of aliphatic hydroxyl groups excluding tert-OH is 1. The molecule has 0 aliphatic rings. The van der Waals surface area contributed by atoms with E-state index in [-0.39, 0.29) is 12.5 Å². The van der Waals surface area contributed by atoms with Gasteiger partial charge in [0.25, 0.3) is 0 Å². The van der Waals surface area contributed by atoms with Gasteiger partial charge in [0.1, 0.15) is 0 Å². The highest BCUT2D eigenvalue weighted by atomic mass is 32.1. The lowest BCUT2D eigenvalue weighted by molar-refractivity contribution is 0.259. The third kappa shape index (κ3) is 3.42. The van der Waals surface area contributed by atoms with Gasteiger partial charge in [-0.15, -0.1) is 11.3 Å². The summed E-state index contributed by atoms with van der Waals surface area (Å²) in [5.41, 5.74) is 2.51. The van der Waals surface area contributed by atoms with Crippen LogP contribution in [-0.4, -0.2) is 11.7 Å². The molecule has 1 nitrogen and oxygen atoms in total. The number of thiophene rings is 1. The Morgan fingerprint density at radius 2 is 2.12 bits per heavy atom. The topological polar surface area (TPSA) is 20.2 Å². The van der Waals surface area contributed by atoms with Crippen LogP contribution in [0.1, 0.15) is 28.3 Å². The van der Waals surface area contributed by atoms with E-state index in [4.69, 9.17) is 0 Å². The molecule has 0 aliphatic heterocycles. The van der Waals surface area contributed by atoms with Crippen molar-refractivity contribution in [3.8, 4) is 0 Å². The van der Waals surface area contributed by atoms with Gasteiger partial charge in [0.15, 0.2) is 0 Å².